The van der Waals surface area contributed by atoms with Gasteiger partial charge in [-0.25, -0.2) is 9.97 Å². The fourth-order valence-electron chi connectivity index (χ4n) is 1.80. The Hall–Kier alpha value is -0.940. The van der Waals surface area contributed by atoms with E-state index in [9.17, 15) is 0 Å². The third kappa shape index (κ3) is 3.34. The smallest absolute Gasteiger partial charge is 0.183 e. The van der Waals surface area contributed by atoms with Crippen LogP contribution in [0.4, 0.5) is 5.13 Å². The van der Waals surface area contributed by atoms with E-state index < -0.39 is 0 Å². The van der Waals surface area contributed by atoms with Crippen molar-refractivity contribution < 1.29 is 0 Å². The Morgan fingerprint density at radius 3 is 2.63 bits per heavy atom. The topological polar surface area (TPSA) is 37.8 Å². The van der Waals surface area contributed by atoms with Crippen LogP contribution in [0.15, 0.2) is 5.38 Å². The quantitative estimate of drug-likeness (QED) is 0.889. The van der Waals surface area contributed by atoms with Gasteiger partial charge in [-0.05, 0) is 13.3 Å². The van der Waals surface area contributed by atoms with Crippen molar-refractivity contribution in [1.29, 1.82) is 0 Å². The Morgan fingerprint density at radius 1 is 1.26 bits per heavy atom. The fraction of sp³-hybridized carbons (Fsp3) is 0.571. The minimum atomic E-state index is 0.0563. The van der Waals surface area contributed by atoms with Gasteiger partial charge >= 0.3 is 0 Å². The van der Waals surface area contributed by atoms with Crippen molar-refractivity contribution in [2.45, 2.75) is 46.5 Å². The van der Waals surface area contributed by atoms with Crippen LogP contribution < -0.4 is 5.32 Å². The number of aromatic nitrogens is 2. The van der Waals surface area contributed by atoms with Crippen LogP contribution in [0.1, 0.15) is 44.8 Å². The molecule has 5 heteroatoms. The molecule has 0 saturated heterocycles. The second-order valence-electron chi connectivity index (χ2n) is 5.63. The SMILES string of the molecule is CCCNc1nc(-c2sc(C)nc2C(C)(C)C)cs1. The van der Waals surface area contributed by atoms with E-state index in [1.165, 1.54) is 4.88 Å². The Labute approximate surface area is 123 Å². The normalized spacial score (nSPS) is 11.8. The van der Waals surface area contributed by atoms with E-state index in [0.717, 1.165) is 34.5 Å². The maximum absolute atomic E-state index is 4.69. The van der Waals surface area contributed by atoms with Gasteiger partial charge in [-0.1, -0.05) is 27.7 Å². The van der Waals surface area contributed by atoms with Gasteiger partial charge in [0.1, 0.15) is 0 Å². The summed E-state index contributed by atoms with van der Waals surface area (Å²) in [5, 5.41) is 7.58. The van der Waals surface area contributed by atoms with Crippen LogP contribution in [0.25, 0.3) is 10.6 Å². The van der Waals surface area contributed by atoms with Gasteiger partial charge in [0.2, 0.25) is 0 Å². The molecule has 2 aromatic heterocycles. The molecule has 19 heavy (non-hydrogen) atoms. The number of hydrogen-bond acceptors (Lipinski definition) is 5. The Bertz CT molecular complexity index is 549. The zero-order valence-corrected chi connectivity index (χ0v) is 13.8. The Balaban J connectivity index is 2.34. The number of aryl methyl sites for hydroxylation is 1. The van der Waals surface area contributed by atoms with Crippen LogP contribution in [0.2, 0.25) is 0 Å². The van der Waals surface area contributed by atoms with Crippen molar-refractivity contribution in [1.82, 2.24) is 9.97 Å². The van der Waals surface area contributed by atoms with Crippen molar-refractivity contribution in [3.63, 3.8) is 0 Å². The average molecular weight is 295 g/mol. The van der Waals surface area contributed by atoms with Crippen LogP contribution in [0.3, 0.4) is 0 Å². The largest absolute Gasteiger partial charge is 0.362 e. The molecule has 0 aliphatic heterocycles. The third-order valence-electron chi connectivity index (χ3n) is 2.71. The second kappa shape index (κ2) is 5.59. The van der Waals surface area contributed by atoms with Crippen molar-refractivity contribution >= 4 is 27.8 Å². The van der Waals surface area contributed by atoms with Gasteiger partial charge in [0.15, 0.2) is 5.13 Å². The molecule has 0 fully saturated rings. The number of thiazole rings is 2. The van der Waals surface area contributed by atoms with E-state index in [-0.39, 0.29) is 5.41 Å². The van der Waals surface area contributed by atoms with Crippen molar-refractivity contribution in [3.8, 4) is 10.6 Å². The maximum atomic E-state index is 4.69. The number of hydrogen-bond donors (Lipinski definition) is 1. The minimum absolute atomic E-state index is 0.0563. The van der Waals surface area contributed by atoms with E-state index in [4.69, 9.17) is 4.98 Å². The molecule has 2 heterocycles. The van der Waals surface area contributed by atoms with E-state index >= 15 is 0 Å². The number of nitrogens with one attached hydrogen (secondary N) is 1. The molecular formula is C14H21N3S2. The van der Waals surface area contributed by atoms with Crippen molar-refractivity contribution in [3.05, 3.63) is 16.1 Å². The van der Waals surface area contributed by atoms with E-state index in [1.54, 1.807) is 22.7 Å². The molecule has 0 radical (unpaired) electrons. The summed E-state index contributed by atoms with van der Waals surface area (Å²) < 4.78 is 0. The first kappa shape index (κ1) is 14.5. The highest BCUT2D eigenvalue weighted by Gasteiger charge is 2.24. The summed E-state index contributed by atoms with van der Waals surface area (Å²) >= 11 is 3.41. The van der Waals surface area contributed by atoms with Gasteiger partial charge < -0.3 is 5.32 Å². The highest BCUT2D eigenvalue weighted by atomic mass is 32.1. The summed E-state index contributed by atoms with van der Waals surface area (Å²) in [5.41, 5.74) is 2.27. The highest BCUT2D eigenvalue weighted by molar-refractivity contribution is 7.16. The van der Waals surface area contributed by atoms with Gasteiger partial charge in [0.05, 0.1) is 21.3 Å². The molecular weight excluding hydrogens is 274 g/mol. The second-order valence-corrected chi connectivity index (χ2v) is 7.69. The first-order chi connectivity index (χ1) is 8.91. The summed E-state index contributed by atoms with van der Waals surface area (Å²) in [6.07, 6.45) is 1.11. The lowest BCUT2D eigenvalue weighted by Gasteiger charge is -2.16. The first-order valence-electron chi connectivity index (χ1n) is 6.59. The van der Waals surface area contributed by atoms with Crippen molar-refractivity contribution in [2.75, 3.05) is 11.9 Å². The van der Waals surface area contributed by atoms with Crippen LogP contribution in [-0.2, 0) is 5.41 Å². The number of anilines is 1. The average Bonchev–Trinajstić information content (AvgIpc) is 2.91. The number of nitrogens with zero attached hydrogens (tertiary/aromatic N) is 2. The molecule has 0 spiro atoms. The van der Waals surface area contributed by atoms with E-state index in [2.05, 4.69) is 50.3 Å². The standard InChI is InChI=1S/C14H21N3S2/c1-6-7-15-13-17-10(8-18-13)11-12(14(3,4)5)16-9(2)19-11/h8H,6-7H2,1-5H3,(H,15,17). The summed E-state index contributed by atoms with van der Waals surface area (Å²) in [6, 6.07) is 0. The lowest BCUT2D eigenvalue weighted by Crippen LogP contribution is -2.13. The molecule has 0 atom stereocenters. The Morgan fingerprint density at radius 2 is 2.00 bits per heavy atom. The van der Waals surface area contributed by atoms with E-state index in [0.29, 0.717) is 0 Å². The van der Waals surface area contributed by atoms with Crippen LogP contribution in [-0.4, -0.2) is 16.5 Å². The minimum Gasteiger partial charge on any atom is -0.362 e. The predicted octanol–water partition coefficient (Wildman–Crippen LogP) is 4.69. The van der Waals surface area contributed by atoms with Gasteiger partial charge in [-0.15, -0.1) is 22.7 Å². The van der Waals surface area contributed by atoms with Crippen LogP contribution >= 0.6 is 22.7 Å². The van der Waals surface area contributed by atoms with Crippen molar-refractivity contribution in [2.24, 2.45) is 0 Å². The molecule has 0 aliphatic carbocycles. The molecule has 0 unspecified atom stereocenters. The molecule has 3 nitrogen and oxygen atoms in total. The molecule has 2 aromatic rings. The van der Waals surface area contributed by atoms with Crippen LogP contribution in [0, 0.1) is 6.92 Å². The maximum Gasteiger partial charge on any atom is 0.183 e. The lowest BCUT2D eigenvalue weighted by atomic mass is 9.91. The summed E-state index contributed by atoms with van der Waals surface area (Å²) in [7, 11) is 0. The summed E-state index contributed by atoms with van der Waals surface area (Å²) in [6.45, 7) is 11.8. The molecule has 0 amide bonds. The molecule has 0 saturated carbocycles. The third-order valence-corrected chi connectivity index (χ3v) is 4.50. The molecule has 0 aliphatic rings. The monoisotopic (exact) mass is 295 g/mol. The molecule has 0 bridgehead atoms. The predicted molar refractivity (Wildman–Crippen MR) is 85.4 cm³/mol. The summed E-state index contributed by atoms with van der Waals surface area (Å²) in [4.78, 5) is 10.6. The number of rotatable bonds is 4. The van der Waals surface area contributed by atoms with Gasteiger partial charge in [0, 0.05) is 17.3 Å². The Kier molecular flexibility index (Phi) is 4.26. The molecule has 0 aromatic carbocycles. The zero-order chi connectivity index (χ0) is 14.0. The molecule has 104 valence electrons. The van der Waals surface area contributed by atoms with Gasteiger partial charge in [-0.2, -0.15) is 0 Å². The van der Waals surface area contributed by atoms with Crippen LogP contribution in [0.5, 0.6) is 0 Å². The molecule has 1 N–H and O–H groups in total. The molecule has 2 rings (SSSR count). The highest BCUT2D eigenvalue weighted by Crippen LogP contribution is 2.38. The zero-order valence-electron chi connectivity index (χ0n) is 12.2. The first-order valence-corrected chi connectivity index (χ1v) is 8.29. The fourth-order valence-corrected chi connectivity index (χ4v) is 3.69. The lowest BCUT2D eigenvalue weighted by molar-refractivity contribution is 0.573. The van der Waals surface area contributed by atoms with Gasteiger partial charge in [0.25, 0.3) is 0 Å². The summed E-state index contributed by atoms with van der Waals surface area (Å²) in [5.74, 6) is 0. The van der Waals surface area contributed by atoms with E-state index in [1.807, 2.05) is 0 Å². The van der Waals surface area contributed by atoms with Gasteiger partial charge in [-0.3, -0.25) is 0 Å².